The van der Waals surface area contributed by atoms with E-state index in [-0.39, 0.29) is 0 Å². The van der Waals surface area contributed by atoms with Gasteiger partial charge >= 0.3 is 0 Å². The van der Waals surface area contributed by atoms with E-state index in [0.29, 0.717) is 6.10 Å². The SMILES string of the molecule is CO[C@H]1CC[C@@H](N(C)C)CC1. The zero-order valence-electron chi connectivity index (χ0n) is 7.84. The molecule has 0 heterocycles. The first-order valence-corrected chi connectivity index (χ1v) is 4.43. The Bertz CT molecular complexity index is 106. The molecule has 0 saturated heterocycles. The van der Waals surface area contributed by atoms with Crippen molar-refractivity contribution in [2.45, 2.75) is 37.8 Å². The molecule has 1 saturated carbocycles. The summed E-state index contributed by atoms with van der Waals surface area (Å²) in [4.78, 5) is 2.33. The van der Waals surface area contributed by atoms with Crippen LogP contribution < -0.4 is 0 Å². The van der Waals surface area contributed by atoms with Gasteiger partial charge in [-0.15, -0.1) is 0 Å². The Kier molecular flexibility index (Phi) is 3.34. The Hall–Kier alpha value is -0.0800. The van der Waals surface area contributed by atoms with Crippen LogP contribution in [0.2, 0.25) is 0 Å². The molecule has 0 aliphatic heterocycles. The zero-order valence-corrected chi connectivity index (χ0v) is 7.84. The fourth-order valence-corrected chi connectivity index (χ4v) is 1.80. The molecule has 2 nitrogen and oxygen atoms in total. The van der Waals surface area contributed by atoms with Crippen molar-refractivity contribution < 1.29 is 4.74 Å². The summed E-state index contributed by atoms with van der Waals surface area (Å²) < 4.78 is 5.30. The molecule has 0 radical (unpaired) electrons. The van der Waals surface area contributed by atoms with Crippen molar-refractivity contribution in [1.82, 2.24) is 4.90 Å². The third-order valence-electron chi connectivity index (χ3n) is 2.71. The van der Waals surface area contributed by atoms with Crippen LogP contribution in [0.1, 0.15) is 25.7 Å². The van der Waals surface area contributed by atoms with Crippen molar-refractivity contribution in [1.29, 1.82) is 0 Å². The normalized spacial score (nSPS) is 32.7. The van der Waals surface area contributed by atoms with Gasteiger partial charge in [-0.2, -0.15) is 0 Å². The van der Waals surface area contributed by atoms with Gasteiger partial charge in [0.15, 0.2) is 0 Å². The molecule has 0 aromatic carbocycles. The first kappa shape index (κ1) is 9.01. The molecule has 0 N–H and O–H groups in total. The molecule has 0 amide bonds. The second-order valence-corrected chi connectivity index (χ2v) is 3.63. The van der Waals surface area contributed by atoms with Gasteiger partial charge in [0.25, 0.3) is 0 Å². The molecule has 1 aliphatic rings. The van der Waals surface area contributed by atoms with Gasteiger partial charge in [-0.1, -0.05) is 0 Å². The summed E-state index contributed by atoms with van der Waals surface area (Å²) >= 11 is 0. The van der Waals surface area contributed by atoms with E-state index in [0.717, 1.165) is 6.04 Å². The summed E-state index contributed by atoms with van der Waals surface area (Å²) in [5.41, 5.74) is 0. The van der Waals surface area contributed by atoms with Gasteiger partial charge in [-0.05, 0) is 39.8 Å². The van der Waals surface area contributed by atoms with Gasteiger partial charge < -0.3 is 9.64 Å². The minimum absolute atomic E-state index is 0.534. The van der Waals surface area contributed by atoms with E-state index < -0.39 is 0 Å². The van der Waals surface area contributed by atoms with Crippen LogP contribution in [0.4, 0.5) is 0 Å². The van der Waals surface area contributed by atoms with Crippen molar-refractivity contribution in [3.8, 4) is 0 Å². The Morgan fingerprint density at radius 3 is 2.00 bits per heavy atom. The van der Waals surface area contributed by atoms with E-state index in [9.17, 15) is 0 Å². The molecular formula is C9H19NO. The Labute approximate surface area is 69.5 Å². The molecular weight excluding hydrogens is 138 g/mol. The fraction of sp³-hybridized carbons (Fsp3) is 1.00. The lowest BCUT2D eigenvalue weighted by Crippen LogP contribution is -2.34. The van der Waals surface area contributed by atoms with Gasteiger partial charge in [-0.25, -0.2) is 0 Å². The summed E-state index contributed by atoms with van der Waals surface area (Å²) in [6.45, 7) is 0. The third kappa shape index (κ3) is 2.46. The molecule has 0 atom stereocenters. The lowest BCUT2D eigenvalue weighted by Gasteiger charge is -2.31. The summed E-state index contributed by atoms with van der Waals surface area (Å²) in [6.07, 6.45) is 5.60. The largest absolute Gasteiger partial charge is 0.381 e. The van der Waals surface area contributed by atoms with E-state index in [2.05, 4.69) is 19.0 Å². The lowest BCUT2D eigenvalue weighted by molar-refractivity contribution is 0.0486. The van der Waals surface area contributed by atoms with Gasteiger partial charge in [0, 0.05) is 13.2 Å². The molecule has 0 bridgehead atoms. The van der Waals surface area contributed by atoms with Crippen LogP contribution in [0.15, 0.2) is 0 Å². The number of ether oxygens (including phenoxy) is 1. The highest BCUT2D eigenvalue weighted by molar-refractivity contribution is 4.76. The average Bonchev–Trinajstić information content (AvgIpc) is 2.05. The van der Waals surface area contributed by atoms with Crippen molar-refractivity contribution >= 4 is 0 Å². The van der Waals surface area contributed by atoms with Gasteiger partial charge in [-0.3, -0.25) is 0 Å². The molecule has 11 heavy (non-hydrogen) atoms. The maximum absolute atomic E-state index is 5.30. The van der Waals surface area contributed by atoms with Crippen LogP contribution in [-0.4, -0.2) is 38.3 Å². The predicted molar refractivity (Wildman–Crippen MR) is 46.7 cm³/mol. The Morgan fingerprint density at radius 1 is 1.09 bits per heavy atom. The van der Waals surface area contributed by atoms with E-state index in [1.165, 1.54) is 25.7 Å². The van der Waals surface area contributed by atoms with E-state index in [1.54, 1.807) is 0 Å². The Morgan fingerprint density at radius 2 is 1.64 bits per heavy atom. The van der Waals surface area contributed by atoms with Crippen molar-refractivity contribution in [3.05, 3.63) is 0 Å². The van der Waals surface area contributed by atoms with E-state index >= 15 is 0 Å². The standard InChI is InChI=1S/C9H19NO/c1-10(2)8-4-6-9(11-3)7-5-8/h8-9H,4-7H2,1-3H3/t8-,9+. The number of nitrogens with zero attached hydrogens (tertiary/aromatic N) is 1. The Balaban J connectivity index is 2.24. The quantitative estimate of drug-likeness (QED) is 0.602. The third-order valence-corrected chi connectivity index (χ3v) is 2.71. The molecule has 0 aromatic rings. The molecule has 0 unspecified atom stereocenters. The number of hydrogen-bond donors (Lipinski definition) is 0. The first-order chi connectivity index (χ1) is 5.24. The molecule has 0 aromatic heterocycles. The predicted octanol–water partition coefficient (Wildman–Crippen LogP) is 1.51. The average molecular weight is 157 g/mol. The molecule has 2 heteroatoms. The van der Waals surface area contributed by atoms with E-state index in [1.807, 2.05) is 7.11 Å². The maximum Gasteiger partial charge on any atom is 0.0572 e. The lowest BCUT2D eigenvalue weighted by atomic mass is 9.92. The topological polar surface area (TPSA) is 12.5 Å². The van der Waals surface area contributed by atoms with Crippen LogP contribution in [-0.2, 0) is 4.74 Å². The fourth-order valence-electron chi connectivity index (χ4n) is 1.80. The van der Waals surface area contributed by atoms with Crippen LogP contribution in [0.3, 0.4) is 0 Å². The van der Waals surface area contributed by atoms with Gasteiger partial charge in [0.1, 0.15) is 0 Å². The highest BCUT2D eigenvalue weighted by Gasteiger charge is 2.21. The zero-order chi connectivity index (χ0) is 8.27. The summed E-state index contributed by atoms with van der Waals surface area (Å²) in [7, 11) is 6.15. The van der Waals surface area contributed by atoms with Crippen molar-refractivity contribution in [3.63, 3.8) is 0 Å². The monoisotopic (exact) mass is 157 g/mol. The minimum atomic E-state index is 0.534. The molecule has 1 rings (SSSR count). The van der Waals surface area contributed by atoms with Gasteiger partial charge in [0.2, 0.25) is 0 Å². The molecule has 66 valence electrons. The highest BCUT2D eigenvalue weighted by atomic mass is 16.5. The molecule has 1 aliphatic carbocycles. The van der Waals surface area contributed by atoms with E-state index in [4.69, 9.17) is 4.74 Å². The van der Waals surface area contributed by atoms with Crippen LogP contribution in [0.25, 0.3) is 0 Å². The summed E-state index contributed by atoms with van der Waals surface area (Å²) in [6, 6.07) is 0.793. The summed E-state index contributed by atoms with van der Waals surface area (Å²) in [5.74, 6) is 0. The number of rotatable bonds is 2. The van der Waals surface area contributed by atoms with Crippen LogP contribution in [0.5, 0.6) is 0 Å². The minimum Gasteiger partial charge on any atom is -0.381 e. The maximum atomic E-state index is 5.30. The van der Waals surface area contributed by atoms with Crippen molar-refractivity contribution in [2.75, 3.05) is 21.2 Å². The highest BCUT2D eigenvalue weighted by Crippen LogP contribution is 2.22. The second-order valence-electron chi connectivity index (χ2n) is 3.63. The van der Waals surface area contributed by atoms with Crippen LogP contribution >= 0.6 is 0 Å². The van der Waals surface area contributed by atoms with Crippen LogP contribution in [0, 0.1) is 0 Å². The summed E-state index contributed by atoms with van der Waals surface area (Å²) in [5, 5.41) is 0. The number of hydrogen-bond acceptors (Lipinski definition) is 2. The van der Waals surface area contributed by atoms with Crippen molar-refractivity contribution in [2.24, 2.45) is 0 Å². The molecule has 0 spiro atoms. The first-order valence-electron chi connectivity index (χ1n) is 4.43. The second kappa shape index (κ2) is 4.07. The number of methoxy groups -OCH3 is 1. The van der Waals surface area contributed by atoms with Gasteiger partial charge in [0.05, 0.1) is 6.10 Å². The molecule has 1 fully saturated rings. The smallest absolute Gasteiger partial charge is 0.0572 e.